The van der Waals surface area contributed by atoms with Gasteiger partial charge in [-0.05, 0) is 25.0 Å². The molecule has 1 aromatic heterocycles. The SMILES string of the molecule is O=C(Cn1ccc2cc([N+](=O)[O-])ccc21)NNC(=O)C1CC1. The lowest BCUT2D eigenvalue weighted by Gasteiger charge is -2.08. The Hall–Kier alpha value is -2.90. The van der Waals surface area contributed by atoms with Gasteiger partial charge < -0.3 is 4.57 Å². The predicted molar refractivity (Wildman–Crippen MR) is 77.6 cm³/mol. The monoisotopic (exact) mass is 302 g/mol. The zero-order valence-corrected chi connectivity index (χ0v) is 11.6. The summed E-state index contributed by atoms with van der Waals surface area (Å²) in [6.07, 6.45) is 3.40. The summed E-state index contributed by atoms with van der Waals surface area (Å²) >= 11 is 0. The highest BCUT2D eigenvalue weighted by atomic mass is 16.6. The Morgan fingerprint density at radius 1 is 1.27 bits per heavy atom. The quantitative estimate of drug-likeness (QED) is 0.651. The average Bonchev–Trinajstić information content (AvgIpc) is 3.27. The molecule has 0 aliphatic heterocycles. The molecule has 8 heteroatoms. The maximum atomic E-state index is 11.8. The van der Waals surface area contributed by atoms with Crippen LogP contribution >= 0.6 is 0 Å². The van der Waals surface area contributed by atoms with Gasteiger partial charge in [-0.3, -0.25) is 30.6 Å². The molecule has 0 radical (unpaired) electrons. The molecule has 8 nitrogen and oxygen atoms in total. The summed E-state index contributed by atoms with van der Waals surface area (Å²) in [7, 11) is 0. The standard InChI is InChI=1S/C14H14N4O4/c19-13(15-16-14(20)9-1-2-9)8-17-6-5-10-7-11(18(21)22)3-4-12(10)17/h3-7,9H,1-2,8H2,(H,15,19)(H,16,20). The first-order valence-electron chi connectivity index (χ1n) is 6.86. The number of nitrogens with one attached hydrogen (secondary N) is 2. The van der Waals surface area contributed by atoms with Gasteiger partial charge in [0.2, 0.25) is 5.91 Å². The van der Waals surface area contributed by atoms with Gasteiger partial charge in [-0.2, -0.15) is 0 Å². The third kappa shape index (κ3) is 2.90. The number of hydrogen-bond donors (Lipinski definition) is 2. The number of rotatable bonds is 4. The van der Waals surface area contributed by atoms with Crippen LogP contribution in [0.15, 0.2) is 30.5 Å². The van der Waals surface area contributed by atoms with E-state index in [0.717, 1.165) is 12.8 Å². The van der Waals surface area contributed by atoms with Gasteiger partial charge in [0.15, 0.2) is 0 Å². The summed E-state index contributed by atoms with van der Waals surface area (Å²) in [5, 5.41) is 11.4. The predicted octanol–water partition coefficient (Wildman–Crippen LogP) is 1.11. The van der Waals surface area contributed by atoms with Crippen molar-refractivity contribution in [2.75, 3.05) is 0 Å². The van der Waals surface area contributed by atoms with Crippen LogP contribution in [0.5, 0.6) is 0 Å². The van der Waals surface area contributed by atoms with E-state index >= 15 is 0 Å². The molecule has 1 heterocycles. The zero-order chi connectivity index (χ0) is 15.7. The lowest BCUT2D eigenvalue weighted by Crippen LogP contribution is -2.43. The van der Waals surface area contributed by atoms with Crippen molar-refractivity contribution in [2.24, 2.45) is 5.92 Å². The van der Waals surface area contributed by atoms with Gasteiger partial charge in [-0.1, -0.05) is 0 Å². The van der Waals surface area contributed by atoms with E-state index in [1.165, 1.54) is 12.1 Å². The topological polar surface area (TPSA) is 106 Å². The third-order valence-corrected chi connectivity index (χ3v) is 3.55. The molecule has 0 bridgehead atoms. The number of nitro benzene ring substituents is 1. The molecule has 3 rings (SSSR count). The van der Waals surface area contributed by atoms with Gasteiger partial charge in [-0.15, -0.1) is 0 Å². The number of carbonyl (C=O) groups is 2. The summed E-state index contributed by atoms with van der Waals surface area (Å²) in [5.74, 6) is -0.501. The maximum absolute atomic E-state index is 11.8. The number of aromatic nitrogens is 1. The van der Waals surface area contributed by atoms with Crippen molar-refractivity contribution in [2.45, 2.75) is 19.4 Å². The van der Waals surface area contributed by atoms with E-state index in [9.17, 15) is 19.7 Å². The Morgan fingerprint density at radius 3 is 2.73 bits per heavy atom. The second-order valence-electron chi connectivity index (χ2n) is 5.26. The number of amides is 2. The Kier molecular flexibility index (Phi) is 3.50. The van der Waals surface area contributed by atoms with Crippen LogP contribution in [0.2, 0.25) is 0 Å². The van der Waals surface area contributed by atoms with Crippen LogP contribution in [-0.4, -0.2) is 21.3 Å². The van der Waals surface area contributed by atoms with Gasteiger partial charge >= 0.3 is 0 Å². The molecule has 1 fully saturated rings. The number of hydrogen-bond acceptors (Lipinski definition) is 4. The first-order chi connectivity index (χ1) is 10.5. The summed E-state index contributed by atoms with van der Waals surface area (Å²) in [6, 6.07) is 6.16. The van der Waals surface area contributed by atoms with Crippen LogP contribution in [-0.2, 0) is 16.1 Å². The highest BCUT2D eigenvalue weighted by Crippen LogP contribution is 2.28. The molecule has 1 aromatic carbocycles. The molecule has 22 heavy (non-hydrogen) atoms. The van der Waals surface area contributed by atoms with Crippen LogP contribution in [0.4, 0.5) is 5.69 Å². The molecule has 114 valence electrons. The van der Waals surface area contributed by atoms with Crippen molar-refractivity contribution < 1.29 is 14.5 Å². The highest BCUT2D eigenvalue weighted by molar-refractivity contribution is 5.87. The molecular formula is C14H14N4O4. The van der Waals surface area contributed by atoms with Crippen LogP contribution in [0.3, 0.4) is 0 Å². The Bertz CT molecular complexity index is 763. The number of carbonyl (C=O) groups excluding carboxylic acids is 2. The smallest absolute Gasteiger partial charge is 0.270 e. The summed E-state index contributed by atoms with van der Waals surface area (Å²) < 4.78 is 1.66. The average molecular weight is 302 g/mol. The van der Waals surface area contributed by atoms with Crippen LogP contribution in [0.1, 0.15) is 12.8 Å². The van der Waals surface area contributed by atoms with E-state index in [4.69, 9.17) is 0 Å². The molecule has 1 aliphatic rings. The summed E-state index contributed by atoms with van der Waals surface area (Å²) in [6.45, 7) is 0.0201. The molecule has 1 saturated carbocycles. The highest BCUT2D eigenvalue weighted by Gasteiger charge is 2.29. The van der Waals surface area contributed by atoms with Gasteiger partial charge in [-0.25, -0.2) is 0 Å². The van der Waals surface area contributed by atoms with E-state index < -0.39 is 4.92 Å². The van der Waals surface area contributed by atoms with Crippen molar-refractivity contribution in [1.82, 2.24) is 15.4 Å². The fourth-order valence-corrected chi connectivity index (χ4v) is 2.21. The Labute approximate surface area is 125 Å². The largest absolute Gasteiger partial charge is 0.338 e. The van der Waals surface area contributed by atoms with E-state index in [2.05, 4.69) is 10.9 Å². The minimum atomic E-state index is -0.461. The Balaban J connectivity index is 1.66. The van der Waals surface area contributed by atoms with Crippen molar-refractivity contribution in [3.05, 3.63) is 40.6 Å². The van der Waals surface area contributed by atoms with E-state index in [1.54, 1.807) is 22.9 Å². The van der Waals surface area contributed by atoms with Gasteiger partial charge in [0.05, 0.1) is 4.92 Å². The molecule has 0 unspecified atom stereocenters. The van der Waals surface area contributed by atoms with Crippen molar-refractivity contribution in [1.29, 1.82) is 0 Å². The zero-order valence-electron chi connectivity index (χ0n) is 11.6. The minimum absolute atomic E-state index is 0.00592. The number of hydrazine groups is 1. The summed E-state index contributed by atoms with van der Waals surface area (Å²) in [4.78, 5) is 33.5. The molecule has 2 N–H and O–H groups in total. The lowest BCUT2D eigenvalue weighted by atomic mass is 10.2. The maximum Gasteiger partial charge on any atom is 0.270 e. The van der Waals surface area contributed by atoms with Gasteiger partial charge in [0, 0.05) is 35.2 Å². The fourth-order valence-electron chi connectivity index (χ4n) is 2.21. The minimum Gasteiger partial charge on any atom is -0.338 e. The van der Waals surface area contributed by atoms with E-state index in [0.29, 0.717) is 10.9 Å². The third-order valence-electron chi connectivity index (χ3n) is 3.55. The fraction of sp³-hybridized carbons (Fsp3) is 0.286. The number of non-ortho nitro benzene ring substituents is 1. The summed E-state index contributed by atoms with van der Waals surface area (Å²) in [5.41, 5.74) is 5.48. The lowest BCUT2D eigenvalue weighted by molar-refractivity contribution is -0.384. The second kappa shape index (κ2) is 5.47. The van der Waals surface area contributed by atoms with E-state index in [-0.39, 0.29) is 30.0 Å². The number of benzene rings is 1. The van der Waals surface area contributed by atoms with Crippen LogP contribution in [0.25, 0.3) is 10.9 Å². The van der Waals surface area contributed by atoms with E-state index in [1.807, 2.05) is 0 Å². The van der Waals surface area contributed by atoms with Crippen LogP contribution in [0, 0.1) is 16.0 Å². The molecule has 0 atom stereocenters. The molecular weight excluding hydrogens is 288 g/mol. The van der Waals surface area contributed by atoms with Crippen LogP contribution < -0.4 is 10.9 Å². The number of fused-ring (bicyclic) bond motifs is 1. The molecule has 0 saturated heterocycles. The van der Waals surface area contributed by atoms with Gasteiger partial charge in [0.25, 0.3) is 11.6 Å². The molecule has 0 spiro atoms. The molecule has 2 aromatic rings. The number of nitrogens with zero attached hydrogens (tertiary/aromatic N) is 2. The number of nitro groups is 1. The van der Waals surface area contributed by atoms with Crippen molar-refractivity contribution >= 4 is 28.4 Å². The molecule has 2 amide bonds. The van der Waals surface area contributed by atoms with Gasteiger partial charge in [0.1, 0.15) is 6.54 Å². The second-order valence-corrected chi connectivity index (χ2v) is 5.26. The first-order valence-corrected chi connectivity index (χ1v) is 6.86. The van der Waals surface area contributed by atoms with Crippen molar-refractivity contribution in [3.8, 4) is 0 Å². The molecule has 1 aliphatic carbocycles. The Morgan fingerprint density at radius 2 is 2.05 bits per heavy atom. The first kappa shape index (κ1) is 14.1. The normalized spacial score (nSPS) is 13.8. The van der Waals surface area contributed by atoms with Crippen molar-refractivity contribution in [3.63, 3.8) is 0 Å².